The third-order valence-corrected chi connectivity index (χ3v) is 7.48. The fourth-order valence-electron chi connectivity index (χ4n) is 5.30. The number of aromatic nitrogens is 3. The summed E-state index contributed by atoms with van der Waals surface area (Å²) in [5.41, 5.74) is 4.72. The highest BCUT2D eigenvalue weighted by Crippen LogP contribution is 2.32. The van der Waals surface area contributed by atoms with Crippen LogP contribution in [0.5, 0.6) is 0 Å². The number of carbonyl (C=O) groups is 1. The molecule has 8 nitrogen and oxygen atoms in total. The summed E-state index contributed by atoms with van der Waals surface area (Å²) in [6.07, 6.45) is 3.16. The maximum absolute atomic E-state index is 15.4. The molecule has 1 aromatic carbocycles. The van der Waals surface area contributed by atoms with Crippen molar-refractivity contribution in [1.82, 2.24) is 23.9 Å². The number of rotatable bonds is 6. The molecule has 5 rings (SSSR count). The van der Waals surface area contributed by atoms with Crippen LogP contribution in [0.25, 0.3) is 16.7 Å². The van der Waals surface area contributed by atoms with Crippen LogP contribution in [0.4, 0.5) is 10.1 Å². The van der Waals surface area contributed by atoms with Gasteiger partial charge >= 0.3 is 0 Å². The zero-order valence-electron chi connectivity index (χ0n) is 22.2. The van der Waals surface area contributed by atoms with Crippen molar-refractivity contribution in [3.05, 3.63) is 88.1 Å². The summed E-state index contributed by atoms with van der Waals surface area (Å²) in [4.78, 5) is 33.1. The van der Waals surface area contributed by atoms with Gasteiger partial charge in [-0.15, -0.1) is 0 Å². The van der Waals surface area contributed by atoms with Gasteiger partial charge in [-0.1, -0.05) is 12.1 Å². The molecule has 3 aromatic heterocycles. The number of amides is 1. The van der Waals surface area contributed by atoms with Crippen LogP contribution in [0, 0.1) is 0 Å². The van der Waals surface area contributed by atoms with Crippen molar-refractivity contribution >= 4 is 22.6 Å². The number of hydrogen-bond donors (Lipinski definition) is 1. The Hall–Kier alpha value is -3.98. The minimum absolute atomic E-state index is 0.0596. The fourth-order valence-corrected chi connectivity index (χ4v) is 5.30. The van der Waals surface area contributed by atoms with Crippen molar-refractivity contribution in [3.8, 4) is 5.69 Å². The normalized spacial score (nSPS) is 18.0. The topological polar surface area (TPSA) is 75.4 Å². The Morgan fingerprint density at radius 2 is 1.92 bits per heavy atom. The van der Waals surface area contributed by atoms with Crippen LogP contribution >= 0.6 is 0 Å². The van der Waals surface area contributed by atoms with E-state index < -0.39 is 6.17 Å². The smallest absolute Gasteiger partial charge is 0.257 e. The number of anilines is 1. The number of pyridine rings is 2. The van der Waals surface area contributed by atoms with Gasteiger partial charge in [-0.3, -0.25) is 19.1 Å². The predicted molar refractivity (Wildman–Crippen MR) is 148 cm³/mol. The number of aryl methyl sites for hydroxylation is 1. The second-order valence-corrected chi connectivity index (χ2v) is 10.1. The summed E-state index contributed by atoms with van der Waals surface area (Å²) in [5, 5.41) is 3.87. The third kappa shape index (κ3) is 4.81. The maximum atomic E-state index is 15.4. The first-order valence-corrected chi connectivity index (χ1v) is 12.8. The van der Waals surface area contributed by atoms with Gasteiger partial charge in [0, 0.05) is 88.0 Å². The van der Waals surface area contributed by atoms with E-state index in [1.165, 1.54) is 4.90 Å². The summed E-state index contributed by atoms with van der Waals surface area (Å²) < 4.78 is 19.0. The SMILES string of the molecule is CNc1ccn(-c2ccnc3c2cc(CN2CCC(c4ccc(C(=O)N(C)C)cc4)[C@@H](F)C2)n3C)c(=O)c1. The van der Waals surface area contributed by atoms with E-state index in [0.717, 1.165) is 40.2 Å². The summed E-state index contributed by atoms with van der Waals surface area (Å²) >= 11 is 0. The van der Waals surface area contributed by atoms with E-state index in [-0.39, 0.29) is 17.4 Å². The lowest BCUT2D eigenvalue weighted by atomic mass is 9.87. The molecule has 1 unspecified atom stereocenters. The second-order valence-electron chi connectivity index (χ2n) is 10.1. The van der Waals surface area contributed by atoms with Crippen LogP contribution in [0.1, 0.15) is 34.0 Å². The number of alkyl halides is 1. The van der Waals surface area contributed by atoms with Crippen LogP contribution in [0.3, 0.4) is 0 Å². The highest BCUT2D eigenvalue weighted by atomic mass is 19.1. The van der Waals surface area contributed by atoms with Crippen LogP contribution < -0.4 is 10.9 Å². The molecule has 1 fully saturated rings. The first-order valence-electron chi connectivity index (χ1n) is 12.8. The van der Waals surface area contributed by atoms with Crippen molar-refractivity contribution in [2.24, 2.45) is 7.05 Å². The van der Waals surface area contributed by atoms with Crippen LogP contribution in [0.2, 0.25) is 0 Å². The second kappa shape index (κ2) is 10.4. The zero-order valence-corrected chi connectivity index (χ0v) is 22.2. The number of likely N-dealkylation sites (tertiary alicyclic amines) is 1. The van der Waals surface area contributed by atoms with Gasteiger partial charge in [-0.25, -0.2) is 9.37 Å². The van der Waals surface area contributed by atoms with Crippen molar-refractivity contribution in [1.29, 1.82) is 0 Å². The number of carbonyl (C=O) groups excluding carboxylic acids is 1. The standard InChI is InChI=1S/C29H33FN6O2/c1-31-21-10-14-36(27(37)15-21)26-9-12-32-28-24(26)16-22(34(28)4)17-35-13-11-23(25(30)18-35)19-5-7-20(8-6-19)29(38)33(2)3/h5-10,12,14-16,23,25,31H,11,13,17-18H2,1-4H3/t23?,25-/m0/s1. The molecule has 1 aliphatic heterocycles. The van der Waals surface area contributed by atoms with Gasteiger partial charge in [0.2, 0.25) is 0 Å². The average molecular weight is 517 g/mol. The Morgan fingerprint density at radius 1 is 1.16 bits per heavy atom. The van der Waals surface area contributed by atoms with Gasteiger partial charge in [0.05, 0.1) is 5.69 Å². The molecule has 38 heavy (non-hydrogen) atoms. The minimum Gasteiger partial charge on any atom is -0.388 e. The lowest BCUT2D eigenvalue weighted by Crippen LogP contribution is -2.40. The predicted octanol–water partition coefficient (Wildman–Crippen LogP) is 3.80. The van der Waals surface area contributed by atoms with Crippen LogP contribution in [-0.4, -0.2) is 70.2 Å². The van der Waals surface area contributed by atoms with Gasteiger partial charge in [-0.2, -0.15) is 0 Å². The van der Waals surface area contributed by atoms with Crippen molar-refractivity contribution in [2.45, 2.75) is 25.1 Å². The van der Waals surface area contributed by atoms with E-state index in [1.54, 1.807) is 56.3 Å². The largest absolute Gasteiger partial charge is 0.388 e. The van der Waals surface area contributed by atoms with E-state index in [0.29, 0.717) is 25.1 Å². The molecule has 4 heterocycles. The van der Waals surface area contributed by atoms with Crippen molar-refractivity contribution in [3.63, 3.8) is 0 Å². The molecule has 0 spiro atoms. The number of piperidine rings is 1. The Bertz CT molecular complexity index is 1520. The van der Waals surface area contributed by atoms with E-state index in [1.807, 2.05) is 35.9 Å². The molecule has 1 aliphatic rings. The van der Waals surface area contributed by atoms with Gasteiger partial charge in [0.25, 0.3) is 11.5 Å². The number of fused-ring (bicyclic) bond motifs is 1. The Labute approximate surface area is 221 Å². The Morgan fingerprint density at radius 3 is 2.58 bits per heavy atom. The molecule has 0 bridgehead atoms. The number of hydrogen-bond acceptors (Lipinski definition) is 5. The van der Waals surface area contributed by atoms with E-state index in [4.69, 9.17) is 0 Å². The number of nitrogens with one attached hydrogen (secondary N) is 1. The minimum atomic E-state index is -1.01. The molecular formula is C29H33FN6O2. The molecule has 0 radical (unpaired) electrons. The van der Waals surface area contributed by atoms with Gasteiger partial charge in [0.1, 0.15) is 11.8 Å². The molecule has 1 N–H and O–H groups in total. The molecule has 198 valence electrons. The van der Waals surface area contributed by atoms with Crippen molar-refractivity contribution < 1.29 is 9.18 Å². The molecule has 0 saturated carbocycles. The molecule has 9 heteroatoms. The summed E-state index contributed by atoms with van der Waals surface area (Å²) in [6.45, 7) is 1.68. The molecule has 2 atom stereocenters. The molecule has 0 aliphatic carbocycles. The van der Waals surface area contributed by atoms with E-state index in [2.05, 4.69) is 21.3 Å². The number of halogens is 1. The number of benzene rings is 1. The fraction of sp³-hybridized carbons (Fsp3) is 0.345. The van der Waals surface area contributed by atoms with E-state index in [9.17, 15) is 9.59 Å². The first-order chi connectivity index (χ1) is 18.3. The van der Waals surface area contributed by atoms with Gasteiger partial charge in [-0.05, 0) is 48.9 Å². The molecule has 1 amide bonds. The highest BCUT2D eigenvalue weighted by Gasteiger charge is 2.31. The maximum Gasteiger partial charge on any atom is 0.257 e. The summed E-state index contributed by atoms with van der Waals surface area (Å²) in [5.74, 6) is -0.251. The Balaban J connectivity index is 1.33. The monoisotopic (exact) mass is 516 g/mol. The van der Waals surface area contributed by atoms with Crippen LogP contribution in [-0.2, 0) is 13.6 Å². The lowest BCUT2D eigenvalue weighted by molar-refractivity contribution is 0.0827. The Kier molecular flexibility index (Phi) is 7.03. The first kappa shape index (κ1) is 25.7. The quantitative estimate of drug-likeness (QED) is 0.422. The third-order valence-electron chi connectivity index (χ3n) is 7.48. The molecule has 1 saturated heterocycles. The zero-order chi connectivity index (χ0) is 27.0. The molecular weight excluding hydrogens is 483 g/mol. The van der Waals surface area contributed by atoms with Crippen molar-refractivity contribution in [2.75, 3.05) is 39.5 Å². The van der Waals surface area contributed by atoms with Crippen LogP contribution in [0.15, 0.2) is 65.7 Å². The van der Waals surface area contributed by atoms with Gasteiger partial charge < -0.3 is 14.8 Å². The number of nitrogens with zero attached hydrogens (tertiary/aromatic N) is 5. The molecule has 4 aromatic rings. The lowest BCUT2D eigenvalue weighted by Gasteiger charge is -2.35. The average Bonchev–Trinajstić information content (AvgIpc) is 3.23. The highest BCUT2D eigenvalue weighted by molar-refractivity contribution is 5.93. The summed E-state index contributed by atoms with van der Waals surface area (Å²) in [7, 11) is 7.18. The van der Waals surface area contributed by atoms with E-state index >= 15 is 4.39 Å². The summed E-state index contributed by atoms with van der Waals surface area (Å²) in [6, 6.07) is 14.6. The van der Waals surface area contributed by atoms with Gasteiger partial charge in [0.15, 0.2) is 0 Å².